The quantitative estimate of drug-likeness (QED) is 0.773. The van der Waals surface area contributed by atoms with E-state index in [1.807, 2.05) is 61.0 Å². The highest BCUT2D eigenvalue weighted by Crippen LogP contribution is 2.23. The Balaban J connectivity index is 1.92. The molecular weight excluding hydrogens is 298 g/mol. The zero-order valence-corrected chi connectivity index (χ0v) is 14.0. The lowest BCUT2D eigenvalue weighted by Gasteiger charge is -2.09. The average Bonchev–Trinajstić information content (AvgIpc) is 3.02. The summed E-state index contributed by atoms with van der Waals surface area (Å²) in [5.41, 5.74) is 4.71. The lowest BCUT2D eigenvalue weighted by Crippen LogP contribution is -2.23. The SMILES string of the molecule is CCCNC(=O)c1ccc(-n2nc(C)cc2-c2ccccc2)cc1. The van der Waals surface area contributed by atoms with Gasteiger partial charge in [0.2, 0.25) is 0 Å². The monoisotopic (exact) mass is 319 g/mol. The van der Waals surface area contributed by atoms with Gasteiger partial charge in [0.25, 0.3) is 5.91 Å². The van der Waals surface area contributed by atoms with Crippen LogP contribution in [0, 0.1) is 6.92 Å². The van der Waals surface area contributed by atoms with Crippen molar-refractivity contribution in [3.8, 4) is 16.9 Å². The van der Waals surface area contributed by atoms with Crippen LogP contribution in [0.25, 0.3) is 16.9 Å². The van der Waals surface area contributed by atoms with Crippen LogP contribution in [0.3, 0.4) is 0 Å². The van der Waals surface area contributed by atoms with Crippen LogP contribution in [-0.2, 0) is 0 Å². The molecule has 4 nitrogen and oxygen atoms in total. The van der Waals surface area contributed by atoms with E-state index in [-0.39, 0.29) is 5.91 Å². The molecule has 0 spiro atoms. The Morgan fingerprint density at radius 1 is 1.08 bits per heavy atom. The molecule has 0 radical (unpaired) electrons. The van der Waals surface area contributed by atoms with Crippen LogP contribution < -0.4 is 5.32 Å². The highest BCUT2D eigenvalue weighted by atomic mass is 16.1. The molecule has 0 unspecified atom stereocenters. The van der Waals surface area contributed by atoms with Crippen molar-refractivity contribution in [2.45, 2.75) is 20.3 Å². The van der Waals surface area contributed by atoms with E-state index in [9.17, 15) is 4.79 Å². The van der Waals surface area contributed by atoms with Gasteiger partial charge in [-0.05, 0) is 43.7 Å². The number of benzene rings is 2. The van der Waals surface area contributed by atoms with Gasteiger partial charge in [0.15, 0.2) is 0 Å². The predicted octanol–water partition coefficient (Wildman–Crippen LogP) is 3.99. The van der Waals surface area contributed by atoms with Crippen molar-refractivity contribution in [3.63, 3.8) is 0 Å². The van der Waals surface area contributed by atoms with Crippen molar-refractivity contribution in [1.82, 2.24) is 15.1 Å². The lowest BCUT2D eigenvalue weighted by atomic mass is 10.1. The van der Waals surface area contributed by atoms with Gasteiger partial charge >= 0.3 is 0 Å². The van der Waals surface area contributed by atoms with Gasteiger partial charge in [-0.3, -0.25) is 4.79 Å². The minimum absolute atomic E-state index is 0.0386. The summed E-state index contributed by atoms with van der Waals surface area (Å²) < 4.78 is 1.92. The molecule has 24 heavy (non-hydrogen) atoms. The third kappa shape index (κ3) is 3.38. The third-order valence-electron chi connectivity index (χ3n) is 3.81. The summed E-state index contributed by atoms with van der Waals surface area (Å²) in [4.78, 5) is 12.0. The van der Waals surface area contributed by atoms with Crippen molar-refractivity contribution in [2.75, 3.05) is 6.54 Å². The fraction of sp³-hybridized carbons (Fsp3) is 0.200. The Morgan fingerprint density at radius 3 is 2.46 bits per heavy atom. The molecule has 1 amide bonds. The number of carbonyl (C=O) groups is 1. The van der Waals surface area contributed by atoms with E-state index in [1.165, 1.54) is 0 Å². The van der Waals surface area contributed by atoms with E-state index in [2.05, 4.69) is 28.6 Å². The molecule has 0 aliphatic rings. The van der Waals surface area contributed by atoms with Crippen LogP contribution in [0.2, 0.25) is 0 Å². The van der Waals surface area contributed by atoms with E-state index >= 15 is 0 Å². The van der Waals surface area contributed by atoms with Crippen LogP contribution in [0.1, 0.15) is 29.4 Å². The van der Waals surface area contributed by atoms with Gasteiger partial charge in [-0.2, -0.15) is 5.10 Å². The molecule has 1 N–H and O–H groups in total. The minimum atomic E-state index is -0.0386. The highest BCUT2D eigenvalue weighted by molar-refractivity contribution is 5.94. The van der Waals surface area contributed by atoms with Crippen molar-refractivity contribution >= 4 is 5.91 Å². The number of carbonyl (C=O) groups excluding carboxylic acids is 1. The highest BCUT2D eigenvalue weighted by Gasteiger charge is 2.11. The molecule has 0 aliphatic carbocycles. The van der Waals surface area contributed by atoms with Crippen molar-refractivity contribution in [2.24, 2.45) is 0 Å². The molecule has 0 saturated heterocycles. The van der Waals surface area contributed by atoms with Crippen molar-refractivity contribution in [3.05, 3.63) is 71.9 Å². The van der Waals surface area contributed by atoms with Gasteiger partial charge in [-0.15, -0.1) is 0 Å². The molecular formula is C20H21N3O. The Labute approximate surface area is 142 Å². The van der Waals surface area contributed by atoms with Crippen LogP contribution in [0.5, 0.6) is 0 Å². The first-order chi connectivity index (χ1) is 11.7. The number of rotatable bonds is 5. The summed E-state index contributed by atoms with van der Waals surface area (Å²) >= 11 is 0. The first kappa shape index (κ1) is 16.0. The van der Waals surface area contributed by atoms with Gasteiger partial charge in [0.1, 0.15) is 0 Å². The molecule has 1 heterocycles. The standard InChI is InChI=1S/C20H21N3O/c1-3-13-21-20(24)17-9-11-18(12-10-17)23-19(14-15(2)22-23)16-7-5-4-6-8-16/h4-12,14H,3,13H2,1-2H3,(H,21,24). The van der Waals surface area contributed by atoms with E-state index in [0.717, 1.165) is 29.1 Å². The topological polar surface area (TPSA) is 46.9 Å². The molecule has 3 rings (SSSR count). The smallest absolute Gasteiger partial charge is 0.251 e. The molecule has 0 atom stereocenters. The van der Waals surface area contributed by atoms with Crippen LogP contribution >= 0.6 is 0 Å². The molecule has 3 aromatic rings. The van der Waals surface area contributed by atoms with Gasteiger partial charge in [-0.1, -0.05) is 37.3 Å². The first-order valence-corrected chi connectivity index (χ1v) is 8.20. The second-order valence-electron chi connectivity index (χ2n) is 5.75. The summed E-state index contributed by atoms with van der Waals surface area (Å²) in [5, 5.41) is 7.49. The first-order valence-electron chi connectivity index (χ1n) is 8.20. The average molecular weight is 319 g/mol. The number of aryl methyl sites for hydroxylation is 1. The second-order valence-corrected chi connectivity index (χ2v) is 5.75. The summed E-state index contributed by atoms with van der Waals surface area (Å²) in [7, 11) is 0. The van der Waals surface area contributed by atoms with Gasteiger partial charge < -0.3 is 5.32 Å². The number of amides is 1. The fourth-order valence-electron chi connectivity index (χ4n) is 2.61. The van der Waals surface area contributed by atoms with Crippen molar-refractivity contribution in [1.29, 1.82) is 0 Å². The normalized spacial score (nSPS) is 10.6. The largest absolute Gasteiger partial charge is 0.352 e. The Kier molecular flexibility index (Phi) is 4.75. The summed E-state index contributed by atoms with van der Waals surface area (Å²) in [6.45, 7) is 4.71. The Hall–Kier alpha value is -2.88. The third-order valence-corrected chi connectivity index (χ3v) is 3.81. The fourth-order valence-corrected chi connectivity index (χ4v) is 2.61. The zero-order chi connectivity index (χ0) is 16.9. The van der Waals surface area contributed by atoms with E-state index in [0.29, 0.717) is 12.1 Å². The maximum Gasteiger partial charge on any atom is 0.251 e. The Bertz CT molecular complexity index is 820. The number of hydrogen-bond donors (Lipinski definition) is 1. The Morgan fingerprint density at radius 2 is 1.79 bits per heavy atom. The van der Waals surface area contributed by atoms with Crippen LogP contribution in [0.4, 0.5) is 0 Å². The molecule has 2 aromatic carbocycles. The predicted molar refractivity (Wildman–Crippen MR) is 96.4 cm³/mol. The molecule has 0 saturated carbocycles. The van der Waals surface area contributed by atoms with E-state index < -0.39 is 0 Å². The lowest BCUT2D eigenvalue weighted by molar-refractivity contribution is 0.0953. The number of nitrogens with one attached hydrogen (secondary N) is 1. The maximum absolute atomic E-state index is 12.0. The van der Waals surface area contributed by atoms with Crippen LogP contribution in [-0.4, -0.2) is 22.2 Å². The second kappa shape index (κ2) is 7.13. The zero-order valence-electron chi connectivity index (χ0n) is 14.0. The molecule has 122 valence electrons. The molecule has 0 fully saturated rings. The molecule has 1 aromatic heterocycles. The molecule has 4 heteroatoms. The van der Waals surface area contributed by atoms with Crippen molar-refractivity contribution < 1.29 is 4.79 Å². The van der Waals surface area contributed by atoms with Gasteiger partial charge in [-0.25, -0.2) is 4.68 Å². The maximum atomic E-state index is 12.0. The summed E-state index contributed by atoms with van der Waals surface area (Å²) in [6.07, 6.45) is 0.927. The van der Waals surface area contributed by atoms with Crippen LogP contribution in [0.15, 0.2) is 60.7 Å². The molecule has 0 aliphatic heterocycles. The minimum Gasteiger partial charge on any atom is -0.352 e. The van der Waals surface area contributed by atoms with E-state index in [1.54, 1.807) is 0 Å². The van der Waals surface area contributed by atoms with Gasteiger partial charge in [0.05, 0.1) is 17.1 Å². The number of aromatic nitrogens is 2. The van der Waals surface area contributed by atoms with Gasteiger partial charge in [0, 0.05) is 17.7 Å². The molecule has 0 bridgehead atoms. The number of hydrogen-bond acceptors (Lipinski definition) is 2. The number of nitrogens with zero attached hydrogens (tertiary/aromatic N) is 2. The summed E-state index contributed by atoms with van der Waals surface area (Å²) in [5.74, 6) is -0.0386. The van der Waals surface area contributed by atoms with E-state index in [4.69, 9.17) is 0 Å². The summed E-state index contributed by atoms with van der Waals surface area (Å²) in [6, 6.07) is 19.8.